The molecule has 1 aromatic carbocycles. The number of fused-ring (bicyclic) bond motifs is 1. The van der Waals surface area contributed by atoms with E-state index in [-0.39, 0.29) is 18.1 Å². The van der Waals surface area contributed by atoms with E-state index in [1.165, 1.54) is 11.3 Å². The second-order valence-corrected chi connectivity index (χ2v) is 6.61. The number of carbonyl (C=O) groups excluding carboxylic acids is 1. The van der Waals surface area contributed by atoms with Gasteiger partial charge < -0.3 is 14.8 Å². The number of carbonyl (C=O) groups is 1. The molecule has 1 aliphatic rings. The molecule has 1 saturated heterocycles. The van der Waals surface area contributed by atoms with E-state index in [9.17, 15) is 4.79 Å². The number of hydrogen-bond acceptors (Lipinski definition) is 6. The molecule has 1 fully saturated rings. The van der Waals surface area contributed by atoms with Gasteiger partial charge in [-0.1, -0.05) is 18.2 Å². The van der Waals surface area contributed by atoms with Gasteiger partial charge >= 0.3 is 0 Å². The molecule has 0 saturated carbocycles. The Hall–Kier alpha value is -2.29. The Labute approximate surface area is 148 Å². The highest BCUT2D eigenvalue weighted by atomic mass is 32.1. The molecular formula is C17H18N4O3S. The van der Waals surface area contributed by atoms with Gasteiger partial charge in [-0.25, -0.2) is 4.98 Å². The predicted octanol–water partition coefficient (Wildman–Crippen LogP) is 2.12. The highest BCUT2D eigenvalue weighted by molar-refractivity contribution is 7.07. The number of aromatic amines is 1. The quantitative estimate of drug-likeness (QED) is 0.729. The van der Waals surface area contributed by atoms with E-state index in [4.69, 9.17) is 9.47 Å². The Bertz CT molecular complexity index is 849. The van der Waals surface area contributed by atoms with Gasteiger partial charge in [0, 0.05) is 17.4 Å². The largest absolute Gasteiger partial charge is 0.379 e. The molecule has 4 rings (SSSR count). The van der Waals surface area contributed by atoms with E-state index in [0.717, 1.165) is 23.0 Å². The van der Waals surface area contributed by atoms with Crippen LogP contribution in [-0.4, -0.2) is 46.4 Å². The van der Waals surface area contributed by atoms with Gasteiger partial charge in [-0.2, -0.15) is 5.10 Å². The molecule has 0 bridgehead atoms. The minimum Gasteiger partial charge on any atom is -0.379 e. The number of nitrogens with one attached hydrogen (secondary N) is 2. The van der Waals surface area contributed by atoms with Crippen LogP contribution in [-0.2, 0) is 16.1 Å². The van der Waals surface area contributed by atoms with Crippen LogP contribution >= 0.6 is 11.3 Å². The first-order valence-electron chi connectivity index (χ1n) is 8.11. The van der Waals surface area contributed by atoms with Crippen molar-refractivity contribution in [2.75, 3.05) is 13.2 Å². The summed E-state index contributed by atoms with van der Waals surface area (Å²) in [5.74, 6) is -0.227. The zero-order valence-electron chi connectivity index (χ0n) is 13.5. The van der Waals surface area contributed by atoms with Crippen LogP contribution in [0.2, 0.25) is 0 Å². The molecule has 8 heteroatoms. The van der Waals surface area contributed by atoms with E-state index >= 15 is 0 Å². The first-order chi connectivity index (χ1) is 12.3. The average molecular weight is 358 g/mol. The molecule has 25 heavy (non-hydrogen) atoms. The Morgan fingerprint density at radius 3 is 3.24 bits per heavy atom. The highest BCUT2D eigenvalue weighted by Crippen LogP contribution is 2.18. The maximum absolute atomic E-state index is 12.7. The summed E-state index contributed by atoms with van der Waals surface area (Å²) in [4.78, 5) is 16.9. The van der Waals surface area contributed by atoms with Crippen molar-refractivity contribution in [1.29, 1.82) is 0 Å². The maximum atomic E-state index is 12.7. The van der Waals surface area contributed by atoms with Crippen molar-refractivity contribution in [1.82, 2.24) is 20.5 Å². The normalized spacial score (nSPS) is 20.6. The molecule has 2 atom stereocenters. The van der Waals surface area contributed by atoms with Crippen LogP contribution in [0, 0.1) is 0 Å². The topological polar surface area (TPSA) is 89.1 Å². The number of amides is 1. The zero-order chi connectivity index (χ0) is 17.1. The minimum atomic E-state index is -0.227. The van der Waals surface area contributed by atoms with Crippen molar-refractivity contribution in [2.24, 2.45) is 0 Å². The Balaban J connectivity index is 1.44. The maximum Gasteiger partial charge on any atom is 0.272 e. The van der Waals surface area contributed by atoms with Crippen LogP contribution < -0.4 is 5.32 Å². The number of thiazole rings is 1. The fourth-order valence-electron chi connectivity index (χ4n) is 2.93. The van der Waals surface area contributed by atoms with Crippen LogP contribution in [0.15, 0.2) is 35.2 Å². The van der Waals surface area contributed by atoms with Gasteiger partial charge in [0.25, 0.3) is 5.91 Å². The molecule has 0 spiro atoms. The molecule has 130 valence electrons. The van der Waals surface area contributed by atoms with Crippen molar-refractivity contribution in [3.63, 3.8) is 0 Å². The second-order valence-electron chi connectivity index (χ2n) is 5.89. The molecular weight excluding hydrogens is 340 g/mol. The van der Waals surface area contributed by atoms with E-state index < -0.39 is 0 Å². The van der Waals surface area contributed by atoms with Crippen LogP contribution in [0.4, 0.5) is 0 Å². The van der Waals surface area contributed by atoms with Crippen molar-refractivity contribution >= 4 is 28.1 Å². The number of rotatable bonds is 5. The van der Waals surface area contributed by atoms with Gasteiger partial charge in [0.15, 0.2) is 5.69 Å². The number of H-pyrrole nitrogens is 1. The third-order valence-corrected chi connectivity index (χ3v) is 4.86. The lowest BCUT2D eigenvalue weighted by molar-refractivity contribution is -0.0612. The summed E-state index contributed by atoms with van der Waals surface area (Å²) < 4.78 is 11.5. The molecule has 2 N–H and O–H groups in total. The van der Waals surface area contributed by atoms with Gasteiger partial charge in [0.05, 0.1) is 42.1 Å². The number of benzene rings is 1. The lowest BCUT2D eigenvalue weighted by Gasteiger charge is -2.31. The lowest BCUT2D eigenvalue weighted by atomic mass is 10.1. The van der Waals surface area contributed by atoms with Crippen molar-refractivity contribution < 1.29 is 14.3 Å². The summed E-state index contributed by atoms with van der Waals surface area (Å²) in [6.07, 6.45) is 0.626. The van der Waals surface area contributed by atoms with Crippen LogP contribution in [0.1, 0.15) is 22.6 Å². The van der Waals surface area contributed by atoms with Crippen LogP contribution in [0.5, 0.6) is 0 Å². The van der Waals surface area contributed by atoms with Crippen molar-refractivity contribution in [2.45, 2.75) is 25.2 Å². The van der Waals surface area contributed by atoms with E-state index in [1.54, 1.807) is 5.51 Å². The standard InChI is InChI=1S/C17H18N4O3S/c22-17(16-12-3-1-2-4-13(12)20-21-16)19-14-8-23-6-5-15(14)24-7-11-9-25-10-18-11/h1-4,9-10,14-15H,5-8H2,(H,19,22)(H,20,21)/t14-,15+/m1/s1. The highest BCUT2D eigenvalue weighted by Gasteiger charge is 2.29. The van der Waals surface area contributed by atoms with Gasteiger partial charge in [0.1, 0.15) is 0 Å². The molecule has 1 aliphatic heterocycles. The van der Waals surface area contributed by atoms with E-state index in [1.807, 2.05) is 29.6 Å². The van der Waals surface area contributed by atoms with Crippen molar-refractivity contribution in [3.8, 4) is 0 Å². The molecule has 0 aliphatic carbocycles. The Morgan fingerprint density at radius 1 is 1.44 bits per heavy atom. The van der Waals surface area contributed by atoms with E-state index in [0.29, 0.717) is 25.5 Å². The van der Waals surface area contributed by atoms with Crippen LogP contribution in [0.25, 0.3) is 10.9 Å². The van der Waals surface area contributed by atoms with Gasteiger partial charge in [-0.3, -0.25) is 9.89 Å². The van der Waals surface area contributed by atoms with Gasteiger partial charge in [-0.15, -0.1) is 11.3 Å². The summed E-state index contributed by atoms with van der Waals surface area (Å²) >= 11 is 1.54. The predicted molar refractivity (Wildman–Crippen MR) is 93.5 cm³/mol. The van der Waals surface area contributed by atoms with Gasteiger partial charge in [0.2, 0.25) is 0 Å². The van der Waals surface area contributed by atoms with Crippen molar-refractivity contribution in [3.05, 3.63) is 46.5 Å². The third kappa shape index (κ3) is 3.55. The molecule has 0 unspecified atom stereocenters. The second kappa shape index (κ2) is 7.30. The first-order valence-corrected chi connectivity index (χ1v) is 9.06. The van der Waals surface area contributed by atoms with E-state index in [2.05, 4.69) is 20.5 Å². The fourth-order valence-corrected chi connectivity index (χ4v) is 3.47. The smallest absolute Gasteiger partial charge is 0.272 e. The lowest BCUT2D eigenvalue weighted by Crippen LogP contribution is -2.50. The first kappa shape index (κ1) is 16.2. The summed E-state index contributed by atoms with van der Waals surface area (Å²) in [6, 6.07) is 7.34. The molecule has 1 amide bonds. The summed E-state index contributed by atoms with van der Waals surface area (Å²) in [5, 5.41) is 12.8. The summed E-state index contributed by atoms with van der Waals surface area (Å²) in [7, 11) is 0. The summed E-state index contributed by atoms with van der Waals surface area (Å²) in [5.41, 5.74) is 3.91. The number of nitrogens with zero attached hydrogens (tertiary/aromatic N) is 2. The Kier molecular flexibility index (Phi) is 4.73. The molecule has 0 radical (unpaired) electrons. The minimum absolute atomic E-state index is 0.107. The van der Waals surface area contributed by atoms with Crippen LogP contribution in [0.3, 0.4) is 0 Å². The SMILES string of the molecule is O=C(N[C@@H]1COCC[C@@H]1OCc1cscn1)c1n[nH]c2ccccc12. The van der Waals surface area contributed by atoms with Gasteiger partial charge in [-0.05, 0) is 12.5 Å². The number of ether oxygens (including phenoxy) is 2. The number of para-hydroxylation sites is 1. The molecule has 2 aromatic heterocycles. The molecule has 7 nitrogen and oxygen atoms in total. The Morgan fingerprint density at radius 2 is 2.36 bits per heavy atom. The summed E-state index contributed by atoms with van der Waals surface area (Å²) in [6.45, 7) is 1.49. The fraction of sp³-hybridized carbons (Fsp3) is 0.353. The monoisotopic (exact) mass is 358 g/mol. The number of aromatic nitrogens is 3. The number of hydrogen-bond donors (Lipinski definition) is 2. The molecule has 3 heterocycles. The third-order valence-electron chi connectivity index (χ3n) is 4.22. The zero-order valence-corrected chi connectivity index (χ0v) is 14.3. The molecule has 3 aromatic rings. The average Bonchev–Trinajstić information content (AvgIpc) is 3.30.